The Labute approximate surface area is 134 Å². The van der Waals surface area contributed by atoms with E-state index >= 15 is 0 Å². The minimum atomic E-state index is -4.57. The topological polar surface area (TPSA) is 97.7 Å². The fourth-order valence-corrected chi connectivity index (χ4v) is 5.01. The summed E-state index contributed by atoms with van der Waals surface area (Å²) in [7, 11) is -7.97. The minimum absolute atomic E-state index is 0.364. The first-order valence-electron chi connectivity index (χ1n) is 8.15. The van der Waals surface area contributed by atoms with Crippen LogP contribution in [0.2, 0.25) is 0 Å². The molecule has 0 aromatic rings. The lowest BCUT2D eigenvalue weighted by Gasteiger charge is -2.18. The molecule has 1 rings (SSSR count). The SMILES string of the molecule is O=S(=O)(O)OCCS(=O)(=O)C1CCCCCCCCCCC1. The molecule has 0 radical (unpaired) electrons. The maximum Gasteiger partial charge on any atom is 0.397 e. The van der Waals surface area contributed by atoms with Gasteiger partial charge < -0.3 is 0 Å². The van der Waals surface area contributed by atoms with Gasteiger partial charge in [0.2, 0.25) is 0 Å². The smallest absolute Gasteiger partial charge is 0.264 e. The van der Waals surface area contributed by atoms with Crippen molar-refractivity contribution in [3.8, 4) is 0 Å². The number of rotatable bonds is 5. The first kappa shape index (κ1) is 19.9. The van der Waals surface area contributed by atoms with Crippen LogP contribution in [0, 0.1) is 0 Å². The molecule has 0 spiro atoms. The molecule has 0 unspecified atom stereocenters. The van der Waals surface area contributed by atoms with Crippen molar-refractivity contribution in [2.45, 2.75) is 75.9 Å². The lowest BCUT2D eigenvalue weighted by atomic mass is 10.0. The minimum Gasteiger partial charge on any atom is -0.264 e. The Balaban J connectivity index is 2.54. The van der Waals surface area contributed by atoms with Gasteiger partial charge >= 0.3 is 10.4 Å². The molecule has 0 aromatic carbocycles. The molecule has 1 aliphatic rings. The highest BCUT2D eigenvalue weighted by Gasteiger charge is 2.25. The number of hydrogen-bond donors (Lipinski definition) is 1. The van der Waals surface area contributed by atoms with Gasteiger partial charge in [0.25, 0.3) is 0 Å². The Morgan fingerprint density at radius 3 is 1.59 bits per heavy atom. The fourth-order valence-electron chi connectivity index (χ4n) is 2.91. The molecule has 1 N–H and O–H groups in total. The molecule has 22 heavy (non-hydrogen) atoms. The van der Waals surface area contributed by atoms with Crippen molar-refractivity contribution >= 4 is 20.2 Å². The molecule has 1 aliphatic carbocycles. The fraction of sp³-hybridized carbons (Fsp3) is 1.00. The maximum atomic E-state index is 12.3. The monoisotopic (exact) mass is 356 g/mol. The zero-order valence-electron chi connectivity index (χ0n) is 13.1. The first-order chi connectivity index (χ1) is 10.3. The number of hydrogen-bond acceptors (Lipinski definition) is 5. The predicted molar refractivity (Wildman–Crippen MR) is 85.9 cm³/mol. The third kappa shape index (κ3) is 9.07. The van der Waals surface area contributed by atoms with Gasteiger partial charge in [0.15, 0.2) is 9.84 Å². The summed E-state index contributed by atoms with van der Waals surface area (Å²) in [6, 6.07) is 0. The quantitative estimate of drug-likeness (QED) is 0.761. The Morgan fingerprint density at radius 1 is 0.773 bits per heavy atom. The number of sulfone groups is 1. The highest BCUT2D eigenvalue weighted by atomic mass is 32.3. The second kappa shape index (κ2) is 9.85. The Kier molecular flexibility index (Phi) is 8.89. The molecule has 0 atom stereocenters. The Morgan fingerprint density at radius 2 is 1.18 bits per heavy atom. The molecular formula is C14H28O6S2. The van der Waals surface area contributed by atoms with Crippen LogP contribution >= 0.6 is 0 Å². The van der Waals surface area contributed by atoms with Crippen LogP contribution in [0.3, 0.4) is 0 Å². The van der Waals surface area contributed by atoms with Crippen molar-refractivity contribution in [2.24, 2.45) is 0 Å². The van der Waals surface area contributed by atoms with Gasteiger partial charge in [-0.3, -0.25) is 4.55 Å². The average Bonchev–Trinajstić information content (AvgIpc) is 2.37. The van der Waals surface area contributed by atoms with Crippen molar-refractivity contribution in [3.05, 3.63) is 0 Å². The summed E-state index contributed by atoms with van der Waals surface area (Å²) in [5.41, 5.74) is 0. The summed E-state index contributed by atoms with van der Waals surface area (Å²) >= 11 is 0. The second-order valence-electron chi connectivity index (χ2n) is 6.00. The lowest BCUT2D eigenvalue weighted by Crippen LogP contribution is -2.27. The third-order valence-corrected chi connectivity index (χ3v) is 6.85. The summed E-state index contributed by atoms with van der Waals surface area (Å²) in [6.45, 7) is -0.516. The molecule has 0 aliphatic heterocycles. The van der Waals surface area contributed by atoms with E-state index in [1.165, 1.54) is 19.3 Å². The van der Waals surface area contributed by atoms with E-state index in [-0.39, 0.29) is 5.75 Å². The van der Waals surface area contributed by atoms with Gasteiger partial charge in [0.1, 0.15) is 0 Å². The van der Waals surface area contributed by atoms with Crippen LogP contribution in [0.1, 0.15) is 70.6 Å². The van der Waals surface area contributed by atoms with E-state index in [0.29, 0.717) is 12.8 Å². The molecule has 132 valence electrons. The van der Waals surface area contributed by atoms with E-state index in [2.05, 4.69) is 4.18 Å². The Hall–Kier alpha value is -0.180. The van der Waals surface area contributed by atoms with Gasteiger partial charge in [-0.25, -0.2) is 12.6 Å². The first-order valence-corrected chi connectivity index (χ1v) is 11.2. The van der Waals surface area contributed by atoms with Crippen molar-refractivity contribution in [2.75, 3.05) is 12.4 Å². The average molecular weight is 357 g/mol. The molecule has 6 nitrogen and oxygen atoms in total. The maximum absolute atomic E-state index is 12.3. The summed E-state index contributed by atoms with van der Waals surface area (Å²) in [4.78, 5) is 0. The van der Waals surface area contributed by atoms with E-state index < -0.39 is 32.1 Å². The predicted octanol–water partition coefficient (Wildman–Crippen LogP) is 2.89. The highest BCUT2D eigenvalue weighted by molar-refractivity contribution is 7.92. The molecule has 1 fully saturated rings. The van der Waals surface area contributed by atoms with E-state index in [4.69, 9.17) is 4.55 Å². The summed E-state index contributed by atoms with van der Waals surface area (Å²) < 4.78 is 58.3. The molecule has 0 aromatic heterocycles. The molecule has 0 saturated heterocycles. The molecular weight excluding hydrogens is 328 g/mol. The third-order valence-electron chi connectivity index (χ3n) is 4.16. The Bertz CT molecular complexity index is 485. The van der Waals surface area contributed by atoms with Crippen LogP contribution in [-0.2, 0) is 24.4 Å². The van der Waals surface area contributed by atoms with Gasteiger partial charge in [0, 0.05) is 0 Å². The van der Waals surface area contributed by atoms with Crippen LogP contribution in [0.5, 0.6) is 0 Å². The van der Waals surface area contributed by atoms with Crippen LogP contribution in [0.4, 0.5) is 0 Å². The second-order valence-corrected chi connectivity index (χ2v) is 9.49. The molecule has 0 heterocycles. The zero-order valence-corrected chi connectivity index (χ0v) is 14.7. The van der Waals surface area contributed by atoms with Gasteiger partial charge in [-0.15, -0.1) is 0 Å². The zero-order chi connectivity index (χ0) is 16.5. The van der Waals surface area contributed by atoms with Crippen LogP contribution in [0.15, 0.2) is 0 Å². The normalized spacial score (nSPS) is 21.0. The highest BCUT2D eigenvalue weighted by Crippen LogP contribution is 2.22. The van der Waals surface area contributed by atoms with Gasteiger partial charge in [-0.1, -0.05) is 57.8 Å². The molecule has 0 amide bonds. The summed E-state index contributed by atoms with van der Waals surface area (Å²) in [6.07, 6.45) is 11.2. The van der Waals surface area contributed by atoms with Crippen molar-refractivity contribution < 1.29 is 25.6 Å². The van der Waals surface area contributed by atoms with Crippen molar-refractivity contribution in [3.63, 3.8) is 0 Å². The van der Waals surface area contributed by atoms with Crippen molar-refractivity contribution in [1.29, 1.82) is 0 Å². The molecule has 0 bridgehead atoms. The van der Waals surface area contributed by atoms with Gasteiger partial charge in [0.05, 0.1) is 17.6 Å². The van der Waals surface area contributed by atoms with E-state index in [0.717, 1.165) is 38.5 Å². The van der Waals surface area contributed by atoms with Crippen LogP contribution < -0.4 is 0 Å². The van der Waals surface area contributed by atoms with E-state index in [1.54, 1.807) is 0 Å². The standard InChI is InChI=1S/C14H28O6S2/c15-21(16,13-12-20-22(17,18)19)14-10-8-6-4-2-1-3-5-7-9-11-14/h14H,1-13H2,(H,17,18,19). The molecule has 8 heteroatoms. The van der Waals surface area contributed by atoms with Crippen LogP contribution in [0.25, 0.3) is 0 Å². The van der Waals surface area contributed by atoms with Gasteiger partial charge in [-0.2, -0.15) is 8.42 Å². The summed E-state index contributed by atoms with van der Waals surface area (Å²) in [5, 5.41) is -0.420. The largest absolute Gasteiger partial charge is 0.397 e. The van der Waals surface area contributed by atoms with Crippen molar-refractivity contribution in [1.82, 2.24) is 0 Å². The lowest BCUT2D eigenvalue weighted by molar-refractivity contribution is 0.283. The van der Waals surface area contributed by atoms with E-state index in [9.17, 15) is 16.8 Å². The van der Waals surface area contributed by atoms with Gasteiger partial charge in [-0.05, 0) is 12.8 Å². The van der Waals surface area contributed by atoms with E-state index in [1.807, 2.05) is 0 Å². The summed E-state index contributed by atoms with van der Waals surface area (Å²) in [5.74, 6) is -0.364. The molecule has 1 saturated carbocycles. The van der Waals surface area contributed by atoms with Crippen LogP contribution in [-0.4, -0.2) is 39.0 Å².